The van der Waals surface area contributed by atoms with Crippen molar-refractivity contribution in [2.45, 2.75) is 20.8 Å². The number of hydrogen-bond donors (Lipinski definition) is 0. The third-order valence-corrected chi connectivity index (χ3v) is 1.26. The highest BCUT2D eigenvalue weighted by atomic mass is 15.1. The Morgan fingerprint density at radius 3 is 1.91 bits per heavy atom. The summed E-state index contributed by atoms with van der Waals surface area (Å²) in [5.41, 5.74) is 0.0237. The fourth-order valence-corrected chi connectivity index (χ4v) is 1.000. The Morgan fingerprint density at radius 2 is 1.82 bits per heavy atom. The molecule has 0 bridgehead atoms. The second-order valence-electron chi connectivity index (χ2n) is 3.71. The third-order valence-electron chi connectivity index (χ3n) is 1.26. The van der Waals surface area contributed by atoms with Gasteiger partial charge >= 0.3 is 0 Å². The maximum absolute atomic E-state index is 5.10. The fraction of sp³-hybridized carbons (Fsp3) is 0.667. The van der Waals surface area contributed by atoms with Gasteiger partial charge in [-0.05, 0) is 0 Å². The average Bonchev–Trinajstić information content (AvgIpc) is 1.79. The summed E-state index contributed by atoms with van der Waals surface area (Å²) < 4.78 is 0. The maximum Gasteiger partial charge on any atom is 0.120 e. The number of hydrogen-bond acceptors (Lipinski definition) is 1. The summed E-state index contributed by atoms with van der Waals surface area (Å²) in [6.07, 6.45) is 5.10. The van der Waals surface area contributed by atoms with E-state index < -0.39 is 0 Å². The molecule has 0 aromatic carbocycles. The lowest BCUT2D eigenvalue weighted by atomic mass is 9.94. The predicted octanol–water partition coefficient (Wildman–Crippen LogP) is 1.58. The Hall–Kier alpha value is -0.970. The minimum Gasteiger partial charge on any atom is -0.365 e. The van der Waals surface area contributed by atoms with Gasteiger partial charge in [-0.2, -0.15) is 4.99 Å². The molecule has 0 aliphatic carbocycles. The Morgan fingerprint density at radius 1 is 1.36 bits per heavy atom. The van der Waals surface area contributed by atoms with Crippen molar-refractivity contribution in [1.29, 1.82) is 0 Å². The maximum atomic E-state index is 5.10. The molecule has 0 rings (SSSR count). The van der Waals surface area contributed by atoms with Gasteiger partial charge in [0.1, 0.15) is 5.84 Å². The van der Waals surface area contributed by atoms with E-state index in [2.05, 4.69) is 31.8 Å². The van der Waals surface area contributed by atoms with Crippen LogP contribution in [-0.4, -0.2) is 24.8 Å². The van der Waals surface area contributed by atoms with Gasteiger partial charge in [-0.1, -0.05) is 27.2 Å². The van der Waals surface area contributed by atoms with Crippen LogP contribution in [0.25, 0.3) is 0 Å². The molecule has 0 atom stereocenters. The molecular formula is C9H16N2. The molecule has 0 saturated carbocycles. The Bertz CT molecular complexity index is 189. The van der Waals surface area contributed by atoms with Crippen LogP contribution in [0, 0.1) is 17.9 Å². The lowest BCUT2D eigenvalue weighted by Gasteiger charge is -2.26. The third kappa shape index (κ3) is 3.08. The topological polar surface area (TPSA) is 15.6 Å². The lowest BCUT2D eigenvalue weighted by molar-refractivity contribution is 0.482. The molecule has 0 aliphatic rings. The van der Waals surface area contributed by atoms with E-state index in [-0.39, 0.29) is 5.41 Å². The van der Waals surface area contributed by atoms with Gasteiger partial charge in [0.15, 0.2) is 0 Å². The lowest BCUT2D eigenvalue weighted by Crippen LogP contribution is -2.33. The molecule has 0 fully saturated rings. The van der Waals surface area contributed by atoms with Crippen LogP contribution in [-0.2, 0) is 0 Å². The highest BCUT2D eigenvalue weighted by Gasteiger charge is 2.20. The molecule has 0 aromatic rings. The molecule has 0 radical (unpaired) electrons. The molecule has 0 N–H and O–H groups in total. The average molecular weight is 152 g/mol. The second-order valence-corrected chi connectivity index (χ2v) is 3.71. The van der Waals surface area contributed by atoms with Gasteiger partial charge in [-0.25, -0.2) is 0 Å². The van der Waals surface area contributed by atoms with Crippen LogP contribution < -0.4 is 0 Å². The van der Waals surface area contributed by atoms with E-state index in [4.69, 9.17) is 6.42 Å². The summed E-state index contributed by atoms with van der Waals surface area (Å²) in [6, 6.07) is 2.30. The molecule has 62 valence electrons. The zero-order valence-electron chi connectivity index (χ0n) is 7.97. The van der Waals surface area contributed by atoms with Crippen molar-refractivity contribution in [3.63, 3.8) is 0 Å². The van der Waals surface area contributed by atoms with Crippen molar-refractivity contribution in [3.8, 4) is 12.5 Å². The van der Waals surface area contributed by atoms with E-state index in [9.17, 15) is 0 Å². The van der Waals surface area contributed by atoms with Gasteiger partial charge in [-0.15, -0.1) is 0 Å². The highest BCUT2D eigenvalue weighted by Crippen LogP contribution is 2.16. The van der Waals surface area contributed by atoms with Crippen LogP contribution in [0.5, 0.6) is 0 Å². The standard InChI is InChI=1S/C9H16N2/c1-7-10-8(11(5)6)9(2,3)4/h1H,2-6H3. The Balaban J connectivity index is 4.67. The normalized spacial score (nSPS) is 12.5. The van der Waals surface area contributed by atoms with E-state index in [0.29, 0.717) is 0 Å². The van der Waals surface area contributed by atoms with Gasteiger partial charge < -0.3 is 4.90 Å². The predicted molar refractivity (Wildman–Crippen MR) is 49.4 cm³/mol. The smallest absolute Gasteiger partial charge is 0.120 e. The van der Waals surface area contributed by atoms with Gasteiger partial charge in [0.05, 0.1) is 0 Å². The number of terminal acetylenes is 1. The quantitative estimate of drug-likeness (QED) is 0.292. The van der Waals surface area contributed by atoms with E-state index in [1.54, 1.807) is 0 Å². The number of amidine groups is 1. The molecule has 0 aromatic heterocycles. The number of aliphatic imine (C=N–C) groups is 1. The van der Waals surface area contributed by atoms with Crippen molar-refractivity contribution in [1.82, 2.24) is 4.90 Å². The molecular weight excluding hydrogens is 136 g/mol. The highest BCUT2D eigenvalue weighted by molar-refractivity contribution is 5.87. The fourth-order valence-electron chi connectivity index (χ4n) is 1.000. The zero-order chi connectivity index (χ0) is 9.07. The SMILES string of the molecule is C#CN=C(N(C)C)C(C)(C)C. The van der Waals surface area contributed by atoms with Crippen LogP contribution in [0.2, 0.25) is 0 Å². The van der Waals surface area contributed by atoms with E-state index in [1.807, 2.05) is 19.0 Å². The first-order valence-corrected chi connectivity index (χ1v) is 3.60. The van der Waals surface area contributed by atoms with Crippen LogP contribution >= 0.6 is 0 Å². The van der Waals surface area contributed by atoms with Crippen LogP contribution in [0.1, 0.15) is 20.8 Å². The van der Waals surface area contributed by atoms with Gasteiger partial charge in [0, 0.05) is 25.6 Å². The summed E-state index contributed by atoms with van der Waals surface area (Å²) in [4.78, 5) is 5.91. The van der Waals surface area contributed by atoms with Crippen LogP contribution in [0.3, 0.4) is 0 Å². The number of nitrogens with zero attached hydrogens (tertiary/aromatic N) is 2. The van der Waals surface area contributed by atoms with Gasteiger partial charge in [0.25, 0.3) is 0 Å². The van der Waals surface area contributed by atoms with Crippen molar-refractivity contribution in [3.05, 3.63) is 0 Å². The first-order valence-electron chi connectivity index (χ1n) is 3.60. The summed E-state index contributed by atoms with van der Waals surface area (Å²) >= 11 is 0. The molecule has 0 amide bonds. The van der Waals surface area contributed by atoms with E-state index in [0.717, 1.165) is 5.84 Å². The van der Waals surface area contributed by atoms with Crippen molar-refractivity contribution >= 4 is 5.84 Å². The summed E-state index contributed by atoms with van der Waals surface area (Å²) in [5, 5.41) is 0. The second kappa shape index (κ2) is 3.43. The minimum absolute atomic E-state index is 0.0237. The molecule has 0 saturated heterocycles. The first-order chi connectivity index (χ1) is 4.89. The summed E-state index contributed by atoms with van der Waals surface area (Å²) in [7, 11) is 3.89. The molecule has 0 heterocycles. The largest absolute Gasteiger partial charge is 0.365 e. The van der Waals surface area contributed by atoms with E-state index in [1.165, 1.54) is 0 Å². The molecule has 0 spiro atoms. The molecule has 0 unspecified atom stereocenters. The van der Waals surface area contributed by atoms with Crippen LogP contribution in [0.15, 0.2) is 4.99 Å². The van der Waals surface area contributed by atoms with Crippen molar-refractivity contribution in [2.24, 2.45) is 10.4 Å². The zero-order valence-corrected chi connectivity index (χ0v) is 7.97. The molecule has 2 nitrogen and oxygen atoms in total. The van der Waals surface area contributed by atoms with Crippen LogP contribution in [0.4, 0.5) is 0 Å². The van der Waals surface area contributed by atoms with Crippen molar-refractivity contribution < 1.29 is 0 Å². The molecule has 2 heteroatoms. The van der Waals surface area contributed by atoms with Crippen molar-refractivity contribution in [2.75, 3.05) is 14.1 Å². The summed E-state index contributed by atoms with van der Waals surface area (Å²) in [6.45, 7) is 6.26. The van der Waals surface area contributed by atoms with E-state index >= 15 is 0 Å². The molecule has 11 heavy (non-hydrogen) atoms. The first kappa shape index (κ1) is 10.0. The minimum atomic E-state index is 0.0237. The Labute approximate surface area is 69.3 Å². The Kier molecular flexibility index (Phi) is 3.13. The monoisotopic (exact) mass is 152 g/mol. The molecule has 0 aliphatic heterocycles. The van der Waals surface area contributed by atoms with Gasteiger partial charge in [0.2, 0.25) is 0 Å². The summed E-state index contributed by atoms with van der Waals surface area (Å²) in [5.74, 6) is 0.931. The van der Waals surface area contributed by atoms with Gasteiger partial charge in [-0.3, -0.25) is 0 Å². The number of rotatable bonds is 0.